The summed E-state index contributed by atoms with van der Waals surface area (Å²) in [5.74, 6) is -0.00968. The van der Waals surface area contributed by atoms with Crippen LogP contribution in [-0.4, -0.2) is 27.3 Å². The molecule has 4 aromatic rings. The van der Waals surface area contributed by atoms with E-state index >= 15 is 0 Å². The van der Waals surface area contributed by atoms with E-state index in [1.165, 1.54) is 10.7 Å². The number of hydrogen-bond donors (Lipinski definition) is 1. The van der Waals surface area contributed by atoms with E-state index in [0.717, 1.165) is 0 Å². The average molecular weight is 509 g/mol. The van der Waals surface area contributed by atoms with Gasteiger partial charge in [-0.3, -0.25) is 4.79 Å². The maximum Gasteiger partial charge on any atom is 0.336 e. The quantitative estimate of drug-likeness (QED) is 0.326. The van der Waals surface area contributed by atoms with Crippen molar-refractivity contribution in [3.05, 3.63) is 88.6 Å². The van der Waals surface area contributed by atoms with Crippen molar-refractivity contribution in [2.24, 2.45) is 5.92 Å². The molecule has 0 fully saturated rings. The van der Waals surface area contributed by atoms with Gasteiger partial charge in [0.15, 0.2) is 5.82 Å². The van der Waals surface area contributed by atoms with Crippen molar-refractivity contribution in [2.45, 2.75) is 13.8 Å². The fourth-order valence-electron chi connectivity index (χ4n) is 3.12. The first-order chi connectivity index (χ1) is 15.9. The third-order valence-corrected chi connectivity index (χ3v) is 5.43. The molecule has 3 aromatic carbocycles. The third kappa shape index (κ3) is 5.28. The highest BCUT2D eigenvalue weighted by Gasteiger charge is 2.18. The monoisotopic (exact) mass is 508 g/mol. The molecular weight excluding hydrogens is 487 g/mol. The van der Waals surface area contributed by atoms with E-state index in [1.807, 2.05) is 26.0 Å². The fraction of sp³-hybridized carbons (Fsp3) is 0.160. The lowest BCUT2D eigenvalue weighted by atomic mass is 10.2. The molecule has 6 nitrogen and oxygen atoms in total. The molecule has 0 unspecified atom stereocenters. The van der Waals surface area contributed by atoms with Gasteiger partial charge in [-0.15, -0.1) is 5.10 Å². The van der Waals surface area contributed by atoms with Gasteiger partial charge in [0.05, 0.1) is 23.4 Å². The topological polar surface area (TPSA) is 69.0 Å². The Labute approximate surface area is 199 Å². The molecule has 33 heavy (non-hydrogen) atoms. The molecule has 1 amide bonds. The van der Waals surface area contributed by atoms with E-state index < -0.39 is 5.82 Å². The zero-order valence-electron chi connectivity index (χ0n) is 18.1. The summed E-state index contributed by atoms with van der Waals surface area (Å²) in [4.78, 5) is 17.0. The van der Waals surface area contributed by atoms with Crippen LogP contribution in [0.25, 0.3) is 17.1 Å². The van der Waals surface area contributed by atoms with E-state index in [4.69, 9.17) is 4.74 Å². The maximum atomic E-state index is 14.5. The van der Waals surface area contributed by atoms with Crippen molar-refractivity contribution in [1.29, 1.82) is 0 Å². The number of ether oxygens (including phenoxy) is 1. The Hall–Kier alpha value is -3.52. The number of rotatable bonds is 7. The minimum atomic E-state index is -0.404. The first-order valence-corrected chi connectivity index (χ1v) is 11.2. The second-order valence-corrected chi connectivity index (χ2v) is 8.65. The number of carbonyl (C=O) groups excluding carboxylic acids is 1. The molecule has 0 aliphatic heterocycles. The average Bonchev–Trinajstić information content (AvgIpc) is 3.23. The van der Waals surface area contributed by atoms with Crippen LogP contribution < -0.4 is 10.1 Å². The predicted molar refractivity (Wildman–Crippen MR) is 129 cm³/mol. The summed E-state index contributed by atoms with van der Waals surface area (Å²) >= 11 is 3.39. The molecule has 0 atom stereocenters. The fourth-order valence-corrected chi connectivity index (χ4v) is 3.59. The number of halogens is 2. The Morgan fingerprint density at radius 1 is 1.06 bits per heavy atom. The highest BCUT2D eigenvalue weighted by Crippen LogP contribution is 2.27. The van der Waals surface area contributed by atoms with Crippen LogP contribution in [0, 0.1) is 11.7 Å². The molecule has 0 bridgehead atoms. The van der Waals surface area contributed by atoms with Gasteiger partial charge in [-0.05, 0) is 70.4 Å². The number of hydrogen-bond acceptors (Lipinski definition) is 4. The number of carbonyl (C=O) groups is 1. The first kappa shape index (κ1) is 22.7. The Balaban J connectivity index is 1.63. The van der Waals surface area contributed by atoms with E-state index in [1.54, 1.807) is 54.6 Å². The third-order valence-electron chi connectivity index (χ3n) is 4.74. The lowest BCUT2D eigenvalue weighted by molar-refractivity contribution is 0.102. The number of nitrogens with one attached hydrogen (secondary N) is 1. The van der Waals surface area contributed by atoms with Gasteiger partial charge in [-0.25, -0.2) is 9.07 Å². The molecule has 8 heteroatoms. The lowest BCUT2D eigenvalue weighted by Gasteiger charge is -2.09. The molecule has 0 saturated heterocycles. The molecule has 168 valence electrons. The minimum Gasteiger partial charge on any atom is -0.462 e. The summed E-state index contributed by atoms with van der Waals surface area (Å²) in [7, 11) is 0. The summed E-state index contributed by atoms with van der Waals surface area (Å²) in [6, 6.07) is 20.8. The molecule has 0 saturated carbocycles. The second-order valence-electron chi connectivity index (χ2n) is 7.80. The van der Waals surface area contributed by atoms with Crippen LogP contribution in [0.1, 0.15) is 24.2 Å². The van der Waals surface area contributed by atoms with Crippen LogP contribution in [0.4, 0.5) is 10.1 Å². The van der Waals surface area contributed by atoms with Crippen LogP contribution in [0.2, 0.25) is 0 Å². The van der Waals surface area contributed by atoms with Crippen LogP contribution in [0.5, 0.6) is 6.01 Å². The van der Waals surface area contributed by atoms with Gasteiger partial charge in [0.25, 0.3) is 5.91 Å². The molecular formula is C25H22BrFN4O2. The molecule has 4 rings (SSSR count). The van der Waals surface area contributed by atoms with Gasteiger partial charge in [0, 0.05) is 10.2 Å². The maximum absolute atomic E-state index is 14.5. The molecule has 0 aliphatic rings. The van der Waals surface area contributed by atoms with Crippen molar-refractivity contribution in [1.82, 2.24) is 14.8 Å². The molecule has 1 heterocycles. The molecule has 1 N–H and O–H groups in total. The SMILES string of the molecule is CC(C)COc1nc(-c2ccccc2F)n(-c2ccc(NC(=O)c3ccccc3Br)cc2)n1. The van der Waals surface area contributed by atoms with E-state index in [9.17, 15) is 9.18 Å². The predicted octanol–water partition coefficient (Wildman–Crippen LogP) is 6.12. The Bertz CT molecular complexity index is 1270. The van der Waals surface area contributed by atoms with Crippen molar-refractivity contribution in [3.63, 3.8) is 0 Å². The second kappa shape index (κ2) is 9.95. The number of benzene rings is 3. The van der Waals surface area contributed by atoms with Gasteiger partial charge >= 0.3 is 6.01 Å². The Morgan fingerprint density at radius 3 is 2.45 bits per heavy atom. The Morgan fingerprint density at radius 2 is 1.76 bits per heavy atom. The van der Waals surface area contributed by atoms with Crippen molar-refractivity contribution < 1.29 is 13.9 Å². The summed E-state index contributed by atoms with van der Waals surface area (Å²) in [5, 5.41) is 7.31. The van der Waals surface area contributed by atoms with Crippen molar-refractivity contribution >= 4 is 27.5 Å². The van der Waals surface area contributed by atoms with Gasteiger partial charge in [-0.1, -0.05) is 38.1 Å². The van der Waals surface area contributed by atoms with E-state index in [-0.39, 0.29) is 11.9 Å². The zero-order valence-corrected chi connectivity index (χ0v) is 19.7. The normalized spacial score (nSPS) is 10.9. The summed E-state index contributed by atoms with van der Waals surface area (Å²) in [6.07, 6.45) is 0. The van der Waals surface area contributed by atoms with Crippen LogP contribution in [0.15, 0.2) is 77.3 Å². The number of anilines is 1. The standard InChI is InChI=1S/C25H22BrFN4O2/c1-16(2)15-33-25-29-23(20-8-4-6-10-22(20)27)31(30-25)18-13-11-17(12-14-18)28-24(32)19-7-3-5-9-21(19)26/h3-14,16H,15H2,1-2H3,(H,28,32). The van der Waals surface area contributed by atoms with Gasteiger partial charge in [0.1, 0.15) is 5.82 Å². The first-order valence-electron chi connectivity index (χ1n) is 10.4. The van der Waals surface area contributed by atoms with Crippen molar-refractivity contribution in [2.75, 3.05) is 11.9 Å². The lowest BCUT2D eigenvalue weighted by Crippen LogP contribution is -2.12. The van der Waals surface area contributed by atoms with Crippen LogP contribution >= 0.6 is 15.9 Å². The van der Waals surface area contributed by atoms with Crippen LogP contribution in [0.3, 0.4) is 0 Å². The van der Waals surface area contributed by atoms with Gasteiger partial charge in [0.2, 0.25) is 0 Å². The summed E-state index contributed by atoms with van der Waals surface area (Å²) in [6.45, 7) is 4.49. The highest BCUT2D eigenvalue weighted by molar-refractivity contribution is 9.10. The van der Waals surface area contributed by atoms with Gasteiger partial charge in [-0.2, -0.15) is 4.98 Å². The van der Waals surface area contributed by atoms with E-state index in [2.05, 4.69) is 31.3 Å². The molecule has 1 aromatic heterocycles. The minimum absolute atomic E-state index is 0.174. The zero-order chi connectivity index (χ0) is 23.4. The molecule has 0 spiro atoms. The molecule has 0 radical (unpaired) electrons. The highest BCUT2D eigenvalue weighted by atomic mass is 79.9. The smallest absolute Gasteiger partial charge is 0.336 e. The largest absolute Gasteiger partial charge is 0.462 e. The van der Waals surface area contributed by atoms with E-state index in [0.29, 0.717) is 45.3 Å². The van der Waals surface area contributed by atoms with Crippen LogP contribution in [-0.2, 0) is 0 Å². The number of amides is 1. The summed E-state index contributed by atoms with van der Waals surface area (Å²) < 4.78 is 22.5. The molecule has 0 aliphatic carbocycles. The Kier molecular flexibility index (Phi) is 6.84. The number of aromatic nitrogens is 3. The number of nitrogens with zero attached hydrogens (tertiary/aromatic N) is 3. The summed E-state index contributed by atoms with van der Waals surface area (Å²) in [5.41, 5.74) is 2.12. The van der Waals surface area contributed by atoms with Crippen molar-refractivity contribution in [3.8, 4) is 23.1 Å². The van der Waals surface area contributed by atoms with Gasteiger partial charge < -0.3 is 10.1 Å².